The zero-order valence-electron chi connectivity index (χ0n) is 11.1. The largest absolute Gasteiger partial charge is 0.416 e. The highest BCUT2D eigenvalue weighted by atomic mass is 19.4. The lowest BCUT2D eigenvalue weighted by molar-refractivity contribution is -0.137. The first kappa shape index (κ1) is 15.5. The molecule has 106 valence electrons. The molecule has 0 spiro atoms. The van der Waals surface area contributed by atoms with Gasteiger partial charge in [-0.1, -0.05) is 6.07 Å². The van der Waals surface area contributed by atoms with Crippen molar-refractivity contribution < 1.29 is 18.0 Å². The van der Waals surface area contributed by atoms with Crippen LogP contribution in [0.25, 0.3) is 0 Å². The van der Waals surface area contributed by atoms with Gasteiger partial charge in [-0.15, -0.1) is 0 Å². The van der Waals surface area contributed by atoms with Crippen molar-refractivity contribution in [2.75, 3.05) is 5.32 Å². The van der Waals surface area contributed by atoms with Crippen molar-refractivity contribution in [3.63, 3.8) is 0 Å². The third-order valence-corrected chi connectivity index (χ3v) is 2.46. The number of amides is 1. The summed E-state index contributed by atoms with van der Waals surface area (Å²) in [6.07, 6.45) is -4.40. The molecule has 1 amide bonds. The van der Waals surface area contributed by atoms with Gasteiger partial charge in [0.05, 0.1) is 5.56 Å². The predicted octanol–water partition coefficient (Wildman–Crippen LogP) is 3.08. The van der Waals surface area contributed by atoms with E-state index in [1.54, 1.807) is 20.8 Å². The van der Waals surface area contributed by atoms with Gasteiger partial charge in [0.2, 0.25) is 5.91 Å². The maximum absolute atomic E-state index is 12.6. The van der Waals surface area contributed by atoms with Crippen molar-refractivity contribution in [3.05, 3.63) is 29.3 Å². The Bertz CT molecular complexity index is 476. The average molecular weight is 274 g/mol. The summed E-state index contributed by atoms with van der Waals surface area (Å²) in [4.78, 5) is 11.7. The van der Waals surface area contributed by atoms with Crippen LogP contribution in [0.4, 0.5) is 18.9 Å². The number of alkyl halides is 3. The molecule has 1 rings (SSSR count). The van der Waals surface area contributed by atoms with Gasteiger partial charge in [-0.25, -0.2) is 0 Å². The van der Waals surface area contributed by atoms with E-state index in [-0.39, 0.29) is 12.1 Å². The number of nitrogens with two attached hydrogens (primary N) is 1. The van der Waals surface area contributed by atoms with Crippen LogP contribution in [0.2, 0.25) is 0 Å². The van der Waals surface area contributed by atoms with E-state index in [0.717, 1.165) is 12.1 Å². The Kier molecular flexibility index (Phi) is 4.25. The van der Waals surface area contributed by atoms with E-state index in [1.807, 2.05) is 0 Å². The normalized spacial score (nSPS) is 12.4. The van der Waals surface area contributed by atoms with Crippen LogP contribution in [-0.4, -0.2) is 11.4 Å². The minimum Gasteiger partial charge on any atom is -0.326 e. The number of hydrogen-bond donors (Lipinski definition) is 2. The Balaban J connectivity index is 2.92. The van der Waals surface area contributed by atoms with Crippen LogP contribution in [0, 0.1) is 6.92 Å². The molecular formula is C13H17F3N2O. The molecule has 0 unspecified atom stereocenters. The molecule has 0 saturated heterocycles. The summed E-state index contributed by atoms with van der Waals surface area (Å²) < 4.78 is 37.7. The first-order chi connectivity index (χ1) is 8.49. The SMILES string of the molecule is Cc1ccc(C(F)(F)F)cc1NC(=O)CC(C)(C)N. The first-order valence-corrected chi connectivity index (χ1v) is 5.75. The Morgan fingerprint density at radius 2 is 1.89 bits per heavy atom. The van der Waals surface area contributed by atoms with E-state index in [9.17, 15) is 18.0 Å². The van der Waals surface area contributed by atoms with Crippen molar-refractivity contribution in [1.82, 2.24) is 0 Å². The van der Waals surface area contributed by atoms with Crippen LogP contribution in [0.1, 0.15) is 31.4 Å². The van der Waals surface area contributed by atoms with Gasteiger partial charge in [-0.05, 0) is 38.5 Å². The number of benzene rings is 1. The third-order valence-electron chi connectivity index (χ3n) is 2.46. The van der Waals surface area contributed by atoms with Crippen LogP contribution in [-0.2, 0) is 11.0 Å². The summed E-state index contributed by atoms with van der Waals surface area (Å²) in [6.45, 7) is 4.97. The molecule has 0 heterocycles. The fourth-order valence-corrected chi connectivity index (χ4v) is 1.54. The lowest BCUT2D eigenvalue weighted by atomic mass is 10.0. The lowest BCUT2D eigenvalue weighted by Gasteiger charge is -2.18. The van der Waals surface area contributed by atoms with Crippen molar-refractivity contribution in [2.45, 2.75) is 38.9 Å². The molecule has 0 aromatic heterocycles. The van der Waals surface area contributed by atoms with Crippen LogP contribution >= 0.6 is 0 Å². The van der Waals surface area contributed by atoms with Gasteiger partial charge in [0, 0.05) is 17.6 Å². The number of hydrogen-bond acceptors (Lipinski definition) is 2. The summed E-state index contributed by atoms with van der Waals surface area (Å²) in [6, 6.07) is 3.24. The molecule has 6 heteroatoms. The van der Waals surface area contributed by atoms with E-state index < -0.39 is 23.2 Å². The minimum absolute atomic E-state index is 0.0304. The molecule has 1 aromatic rings. The standard InChI is InChI=1S/C13H17F3N2O/c1-8-4-5-9(13(14,15)16)6-10(8)18-11(19)7-12(2,3)17/h4-6H,7,17H2,1-3H3,(H,18,19). The van der Waals surface area contributed by atoms with E-state index in [0.29, 0.717) is 5.56 Å². The highest BCUT2D eigenvalue weighted by molar-refractivity contribution is 5.92. The summed E-state index contributed by atoms with van der Waals surface area (Å²) in [7, 11) is 0. The Labute approximate surface area is 110 Å². The summed E-state index contributed by atoms with van der Waals surface area (Å²) >= 11 is 0. The first-order valence-electron chi connectivity index (χ1n) is 5.75. The number of anilines is 1. The van der Waals surface area contributed by atoms with Crippen molar-refractivity contribution in [3.8, 4) is 0 Å². The van der Waals surface area contributed by atoms with E-state index in [1.165, 1.54) is 6.07 Å². The predicted molar refractivity (Wildman–Crippen MR) is 67.7 cm³/mol. The van der Waals surface area contributed by atoms with Crippen molar-refractivity contribution >= 4 is 11.6 Å². The van der Waals surface area contributed by atoms with Crippen molar-refractivity contribution in [2.24, 2.45) is 5.73 Å². The maximum atomic E-state index is 12.6. The van der Waals surface area contributed by atoms with Gasteiger partial charge in [0.25, 0.3) is 0 Å². The molecule has 0 saturated carbocycles. The zero-order chi connectivity index (χ0) is 14.8. The van der Waals surface area contributed by atoms with Gasteiger partial charge in [-0.3, -0.25) is 4.79 Å². The fourth-order valence-electron chi connectivity index (χ4n) is 1.54. The Morgan fingerprint density at radius 1 is 1.32 bits per heavy atom. The molecule has 3 N–H and O–H groups in total. The summed E-state index contributed by atoms with van der Waals surface area (Å²) in [5, 5.41) is 2.46. The number of rotatable bonds is 3. The average Bonchev–Trinajstić information content (AvgIpc) is 2.16. The highest BCUT2D eigenvalue weighted by Crippen LogP contribution is 2.32. The Hall–Kier alpha value is -1.56. The van der Waals surface area contributed by atoms with Gasteiger partial charge >= 0.3 is 6.18 Å². The molecule has 0 aliphatic heterocycles. The second-order valence-electron chi connectivity index (χ2n) is 5.24. The van der Waals surface area contributed by atoms with E-state index >= 15 is 0 Å². The molecule has 19 heavy (non-hydrogen) atoms. The van der Waals surface area contributed by atoms with Gasteiger partial charge < -0.3 is 11.1 Å². The second kappa shape index (κ2) is 5.21. The molecule has 3 nitrogen and oxygen atoms in total. The smallest absolute Gasteiger partial charge is 0.326 e. The Morgan fingerprint density at radius 3 is 2.37 bits per heavy atom. The molecule has 1 aromatic carbocycles. The topological polar surface area (TPSA) is 55.1 Å². The zero-order valence-corrected chi connectivity index (χ0v) is 11.1. The lowest BCUT2D eigenvalue weighted by Crippen LogP contribution is -2.36. The summed E-state index contributed by atoms with van der Waals surface area (Å²) in [5.41, 5.74) is 4.91. The molecule has 0 bridgehead atoms. The molecule has 0 radical (unpaired) electrons. The molecule has 0 aliphatic rings. The second-order valence-corrected chi connectivity index (χ2v) is 5.24. The molecule has 0 fully saturated rings. The van der Waals surface area contributed by atoms with Gasteiger partial charge in [-0.2, -0.15) is 13.2 Å². The number of carbonyl (C=O) groups is 1. The van der Waals surface area contributed by atoms with Crippen LogP contribution in [0.5, 0.6) is 0 Å². The quantitative estimate of drug-likeness (QED) is 0.890. The van der Waals surface area contributed by atoms with Crippen LogP contribution < -0.4 is 11.1 Å². The maximum Gasteiger partial charge on any atom is 0.416 e. The van der Waals surface area contributed by atoms with Crippen molar-refractivity contribution in [1.29, 1.82) is 0 Å². The number of aryl methyl sites for hydroxylation is 1. The van der Waals surface area contributed by atoms with Gasteiger partial charge in [0.1, 0.15) is 0 Å². The highest BCUT2D eigenvalue weighted by Gasteiger charge is 2.31. The van der Waals surface area contributed by atoms with Crippen LogP contribution in [0.15, 0.2) is 18.2 Å². The molecule has 0 aliphatic carbocycles. The minimum atomic E-state index is -4.43. The fraction of sp³-hybridized carbons (Fsp3) is 0.462. The van der Waals surface area contributed by atoms with Crippen LogP contribution in [0.3, 0.4) is 0 Å². The van der Waals surface area contributed by atoms with E-state index in [2.05, 4.69) is 5.32 Å². The number of halogens is 3. The molecular weight excluding hydrogens is 257 g/mol. The third kappa shape index (κ3) is 4.90. The van der Waals surface area contributed by atoms with Gasteiger partial charge in [0.15, 0.2) is 0 Å². The molecule has 0 atom stereocenters. The number of nitrogens with one attached hydrogen (secondary N) is 1. The number of carbonyl (C=O) groups excluding carboxylic acids is 1. The summed E-state index contributed by atoms with van der Waals surface area (Å²) in [5.74, 6) is -0.407. The van der Waals surface area contributed by atoms with E-state index in [4.69, 9.17) is 5.73 Å². The monoisotopic (exact) mass is 274 g/mol.